The van der Waals surface area contributed by atoms with Crippen molar-refractivity contribution in [3.63, 3.8) is 0 Å². The van der Waals surface area contributed by atoms with Crippen LogP contribution in [0.5, 0.6) is 5.75 Å². The first-order valence-electron chi connectivity index (χ1n) is 6.40. The van der Waals surface area contributed by atoms with E-state index in [1.54, 1.807) is 7.11 Å². The normalized spacial score (nSPS) is 10.4. The lowest BCUT2D eigenvalue weighted by Gasteiger charge is -2.11. The Bertz CT molecular complexity index is 506. The standard InChI is InChI=1S/C17H19O2/c1-14-8-9-15(10-11-18-2)12-17(14)19-13-16-6-4-3-5-7-16/h3-9,12H,1,10-11,13H2,2H3. The second kappa shape index (κ2) is 6.95. The van der Waals surface area contributed by atoms with Gasteiger partial charge in [0, 0.05) is 7.11 Å². The van der Waals surface area contributed by atoms with Gasteiger partial charge in [-0.2, -0.15) is 0 Å². The Balaban J connectivity index is 2.02. The van der Waals surface area contributed by atoms with E-state index in [-0.39, 0.29) is 0 Å². The number of hydrogen-bond acceptors (Lipinski definition) is 2. The third-order valence-electron chi connectivity index (χ3n) is 2.96. The van der Waals surface area contributed by atoms with Gasteiger partial charge in [0.15, 0.2) is 0 Å². The molecule has 0 amide bonds. The van der Waals surface area contributed by atoms with E-state index in [2.05, 4.69) is 25.1 Å². The van der Waals surface area contributed by atoms with Gasteiger partial charge in [0.25, 0.3) is 0 Å². The molecule has 0 aliphatic heterocycles. The second-order valence-electron chi connectivity index (χ2n) is 4.46. The van der Waals surface area contributed by atoms with Gasteiger partial charge in [0.05, 0.1) is 6.61 Å². The minimum absolute atomic E-state index is 0.567. The van der Waals surface area contributed by atoms with E-state index in [1.165, 1.54) is 5.56 Å². The molecule has 19 heavy (non-hydrogen) atoms. The molecule has 0 fully saturated rings. The van der Waals surface area contributed by atoms with Crippen LogP contribution >= 0.6 is 0 Å². The van der Waals surface area contributed by atoms with Gasteiger partial charge in [0.1, 0.15) is 12.4 Å². The zero-order chi connectivity index (χ0) is 13.5. The van der Waals surface area contributed by atoms with Crippen LogP contribution in [0.15, 0.2) is 48.5 Å². The Hall–Kier alpha value is -1.80. The summed E-state index contributed by atoms with van der Waals surface area (Å²) in [6, 6.07) is 16.2. The summed E-state index contributed by atoms with van der Waals surface area (Å²) in [5.41, 5.74) is 3.28. The Labute approximate surface area is 115 Å². The zero-order valence-corrected chi connectivity index (χ0v) is 11.3. The number of benzene rings is 2. The average Bonchev–Trinajstić information content (AvgIpc) is 2.46. The fourth-order valence-electron chi connectivity index (χ4n) is 1.84. The molecule has 1 radical (unpaired) electrons. The largest absolute Gasteiger partial charge is 0.489 e. The van der Waals surface area contributed by atoms with Crippen molar-refractivity contribution in [3.8, 4) is 5.75 Å². The van der Waals surface area contributed by atoms with Gasteiger partial charge < -0.3 is 9.47 Å². The highest BCUT2D eigenvalue weighted by atomic mass is 16.5. The van der Waals surface area contributed by atoms with Gasteiger partial charge in [-0.05, 0) is 36.1 Å². The molecule has 0 saturated carbocycles. The third kappa shape index (κ3) is 4.11. The van der Waals surface area contributed by atoms with Crippen LogP contribution < -0.4 is 4.74 Å². The molecule has 99 valence electrons. The summed E-state index contributed by atoms with van der Waals surface area (Å²) in [6.07, 6.45) is 0.887. The fraction of sp³-hybridized carbons (Fsp3) is 0.235. The predicted octanol–water partition coefficient (Wildman–Crippen LogP) is 3.64. The topological polar surface area (TPSA) is 18.5 Å². The maximum absolute atomic E-state index is 5.84. The summed E-state index contributed by atoms with van der Waals surface area (Å²) < 4.78 is 10.9. The van der Waals surface area contributed by atoms with Crippen molar-refractivity contribution < 1.29 is 9.47 Å². The van der Waals surface area contributed by atoms with Crippen LogP contribution in [0.2, 0.25) is 0 Å². The van der Waals surface area contributed by atoms with E-state index in [9.17, 15) is 0 Å². The summed E-state index contributed by atoms with van der Waals surface area (Å²) in [5, 5.41) is 0. The highest BCUT2D eigenvalue weighted by molar-refractivity contribution is 5.39. The molecule has 0 saturated heterocycles. The average molecular weight is 255 g/mol. The minimum atomic E-state index is 0.567. The molecule has 0 N–H and O–H groups in total. The van der Waals surface area contributed by atoms with Gasteiger partial charge in [-0.1, -0.05) is 42.5 Å². The van der Waals surface area contributed by atoms with Crippen LogP contribution in [0, 0.1) is 6.92 Å². The molecule has 0 aromatic heterocycles. The smallest absolute Gasteiger partial charge is 0.123 e. The van der Waals surface area contributed by atoms with Crippen molar-refractivity contribution >= 4 is 0 Å². The Kier molecular flexibility index (Phi) is 4.99. The highest BCUT2D eigenvalue weighted by Crippen LogP contribution is 2.21. The van der Waals surface area contributed by atoms with Gasteiger partial charge in [0.2, 0.25) is 0 Å². The van der Waals surface area contributed by atoms with E-state index >= 15 is 0 Å². The molecule has 0 heterocycles. The first-order valence-corrected chi connectivity index (χ1v) is 6.40. The van der Waals surface area contributed by atoms with Crippen LogP contribution in [0.1, 0.15) is 16.7 Å². The maximum Gasteiger partial charge on any atom is 0.123 e. The Morgan fingerprint density at radius 2 is 1.79 bits per heavy atom. The predicted molar refractivity (Wildman–Crippen MR) is 77.3 cm³/mol. The van der Waals surface area contributed by atoms with E-state index < -0.39 is 0 Å². The van der Waals surface area contributed by atoms with Gasteiger partial charge in [-0.3, -0.25) is 0 Å². The van der Waals surface area contributed by atoms with E-state index in [0.29, 0.717) is 13.2 Å². The molecular formula is C17H19O2. The quantitative estimate of drug-likeness (QED) is 0.784. The van der Waals surface area contributed by atoms with Crippen LogP contribution in [0.4, 0.5) is 0 Å². The molecule has 2 aromatic carbocycles. The molecule has 0 unspecified atom stereocenters. The third-order valence-corrected chi connectivity index (χ3v) is 2.96. The molecule has 0 bridgehead atoms. The van der Waals surface area contributed by atoms with E-state index in [4.69, 9.17) is 9.47 Å². The number of ether oxygens (including phenoxy) is 2. The van der Waals surface area contributed by atoms with Gasteiger partial charge >= 0.3 is 0 Å². The van der Waals surface area contributed by atoms with Crippen molar-refractivity contribution in [1.82, 2.24) is 0 Å². The second-order valence-corrected chi connectivity index (χ2v) is 4.46. The lowest BCUT2D eigenvalue weighted by atomic mass is 10.1. The summed E-state index contributed by atoms with van der Waals surface area (Å²) in [4.78, 5) is 0. The van der Waals surface area contributed by atoms with Gasteiger partial charge in [-0.15, -0.1) is 0 Å². The van der Waals surface area contributed by atoms with Crippen molar-refractivity contribution in [1.29, 1.82) is 0 Å². The SMILES string of the molecule is [CH2]c1ccc(CCOC)cc1OCc1ccccc1. The molecule has 0 aliphatic rings. The summed E-state index contributed by atoms with van der Waals surface area (Å²) in [5.74, 6) is 0.845. The molecule has 2 aromatic rings. The molecule has 2 rings (SSSR count). The molecule has 0 atom stereocenters. The van der Waals surface area contributed by atoms with Crippen LogP contribution in [0.25, 0.3) is 0 Å². The van der Waals surface area contributed by atoms with Crippen LogP contribution in [-0.2, 0) is 17.8 Å². The van der Waals surface area contributed by atoms with E-state index in [0.717, 1.165) is 23.3 Å². The molecular weight excluding hydrogens is 236 g/mol. The van der Waals surface area contributed by atoms with Crippen molar-refractivity contribution in [2.45, 2.75) is 13.0 Å². The summed E-state index contributed by atoms with van der Waals surface area (Å²) in [6.45, 7) is 5.28. The zero-order valence-electron chi connectivity index (χ0n) is 11.3. The Morgan fingerprint density at radius 3 is 2.53 bits per heavy atom. The van der Waals surface area contributed by atoms with Crippen molar-refractivity contribution in [2.75, 3.05) is 13.7 Å². The monoisotopic (exact) mass is 255 g/mol. The lowest BCUT2D eigenvalue weighted by Crippen LogP contribution is -1.99. The first kappa shape index (κ1) is 13.6. The lowest BCUT2D eigenvalue weighted by molar-refractivity contribution is 0.202. The van der Waals surface area contributed by atoms with Crippen LogP contribution in [0.3, 0.4) is 0 Å². The molecule has 2 heteroatoms. The maximum atomic E-state index is 5.84. The van der Waals surface area contributed by atoms with Crippen molar-refractivity contribution in [2.24, 2.45) is 0 Å². The fourth-order valence-corrected chi connectivity index (χ4v) is 1.84. The molecule has 2 nitrogen and oxygen atoms in total. The van der Waals surface area contributed by atoms with E-state index in [1.807, 2.05) is 30.3 Å². The van der Waals surface area contributed by atoms with Crippen molar-refractivity contribution in [3.05, 3.63) is 72.1 Å². The summed E-state index contributed by atoms with van der Waals surface area (Å²) in [7, 11) is 1.71. The molecule has 0 aliphatic carbocycles. The van der Waals surface area contributed by atoms with Gasteiger partial charge in [-0.25, -0.2) is 0 Å². The number of rotatable bonds is 6. The number of hydrogen-bond donors (Lipinski definition) is 0. The number of methoxy groups -OCH3 is 1. The molecule has 0 spiro atoms. The Morgan fingerprint density at radius 1 is 1.00 bits per heavy atom. The first-order chi connectivity index (χ1) is 9.29. The van der Waals surface area contributed by atoms with Crippen LogP contribution in [-0.4, -0.2) is 13.7 Å². The minimum Gasteiger partial charge on any atom is -0.489 e. The highest BCUT2D eigenvalue weighted by Gasteiger charge is 2.02. The summed E-state index contributed by atoms with van der Waals surface area (Å²) >= 11 is 0.